The zero-order valence-corrected chi connectivity index (χ0v) is 18.6. The maximum atomic E-state index is 11.5. The third-order valence-corrected chi connectivity index (χ3v) is 7.19. The standard InChI is InChI=1S/C21H35N3O3S/c1-6-21(7-2)18(15-19(21)27-8-3)24-20(22-4)23-14-13-16-9-11-17(12-10-16)28(5,25)26/h9-12,18-19H,6-8,13-15H2,1-5H3,(H2,22,23,24). The van der Waals surface area contributed by atoms with Crippen molar-refractivity contribution in [3.05, 3.63) is 29.8 Å². The lowest BCUT2D eigenvalue weighted by Crippen LogP contribution is -2.65. The molecular formula is C21H35N3O3S. The van der Waals surface area contributed by atoms with E-state index in [2.05, 4.69) is 36.4 Å². The quantitative estimate of drug-likeness (QED) is 0.484. The fourth-order valence-corrected chi connectivity index (χ4v) is 4.80. The minimum Gasteiger partial charge on any atom is -0.378 e. The van der Waals surface area contributed by atoms with Crippen molar-refractivity contribution in [2.45, 2.75) is 63.5 Å². The molecule has 0 saturated heterocycles. The van der Waals surface area contributed by atoms with Crippen LogP contribution in [-0.4, -0.2) is 53.0 Å². The van der Waals surface area contributed by atoms with Gasteiger partial charge in [-0.25, -0.2) is 8.42 Å². The molecule has 1 saturated carbocycles. The molecule has 2 unspecified atom stereocenters. The van der Waals surface area contributed by atoms with E-state index < -0.39 is 9.84 Å². The molecular weight excluding hydrogens is 374 g/mol. The molecule has 0 bridgehead atoms. The van der Waals surface area contributed by atoms with Crippen molar-refractivity contribution in [2.75, 3.05) is 26.5 Å². The highest BCUT2D eigenvalue weighted by Crippen LogP contribution is 2.48. The van der Waals surface area contributed by atoms with Crippen LogP contribution in [0.15, 0.2) is 34.2 Å². The summed E-state index contributed by atoms with van der Waals surface area (Å²) in [5, 5.41) is 6.95. The first-order valence-corrected chi connectivity index (χ1v) is 12.1. The fraction of sp³-hybridized carbons (Fsp3) is 0.667. The average Bonchev–Trinajstić information content (AvgIpc) is 2.66. The Labute approximate surface area is 170 Å². The number of ether oxygens (including phenoxy) is 1. The Morgan fingerprint density at radius 3 is 2.36 bits per heavy atom. The largest absolute Gasteiger partial charge is 0.378 e. The van der Waals surface area contributed by atoms with Crippen LogP contribution < -0.4 is 10.6 Å². The number of benzene rings is 1. The van der Waals surface area contributed by atoms with Crippen LogP contribution in [0.5, 0.6) is 0 Å². The van der Waals surface area contributed by atoms with E-state index >= 15 is 0 Å². The Morgan fingerprint density at radius 2 is 1.86 bits per heavy atom. The molecule has 0 aliphatic heterocycles. The van der Waals surface area contributed by atoms with Crippen molar-refractivity contribution < 1.29 is 13.2 Å². The summed E-state index contributed by atoms with van der Waals surface area (Å²) in [6.45, 7) is 8.01. The third-order valence-electron chi connectivity index (χ3n) is 6.06. The van der Waals surface area contributed by atoms with Gasteiger partial charge in [-0.3, -0.25) is 4.99 Å². The molecule has 1 fully saturated rings. The van der Waals surface area contributed by atoms with Crippen LogP contribution in [0.4, 0.5) is 0 Å². The highest BCUT2D eigenvalue weighted by atomic mass is 32.2. The zero-order valence-electron chi connectivity index (χ0n) is 17.8. The van der Waals surface area contributed by atoms with Crippen molar-refractivity contribution >= 4 is 15.8 Å². The molecule has 0 radical (unpaired) electrons. The van der Waals surface area contributed by atoms with Gasteiger partial charge in [-0.15, -0.1) is 0 Å². The van der Waals surface area contributed by atoms with Gasteiger partial charge in [-0.05, 0) is 50.3 Å². The zero-order chi connectivity index (χ0) is 20.8. The van der Waals surface area contributed by atoms with Gasteiger partial charge in [0.05, 0.1) is 11.0 Å². The first-order chi connectivity index (χ1) is 13.3. The van der Waals surface area contributed by atoms with Gasteiger partial charge in [0.25, 0.3) is 0 Å². The normalized spacial score (nSPS) is 21.8. The Hall–Kier alpha value is -1.60. The van der Waals surface area contributed by atoms with Crippen molar-refractivity contribution in [1.82, 2.24) is 10.6 Å². The lowest BCUT2D eigenvalue weighted by Gasteiger charge is -2.55. The predicted octanol–water partition coefficient (Wildman–Crippen LogP) is 2.78. The van der Waals surface area contributed by atoms with E-state index in [0.717, 1.165) is 50.4 Å². The van der Waals surface area contributed by atoms with Crippen molar-refractivity contribution in [2.24, 2.45) is 10.4 Å². The molecule has 1 aliphatic rings. The molecule has 6 nitrogen and oxygen atoms in total. The molecule has 2 N–H and O–H groups in total. The van der Waals surface area contributed by atoms with E-state index in [-0.39, 0.29) is 5.41 Å². The molecule has 158 valence electrons. The van der Waals surface area contributed by atoms with Gasteiger partial charge in [0.15, 0.2) is 15.8 Å². The number of rotatable bonds is 9. The first kappa shape index (κ1) is 22.7. The van der Waals surface area contributed by atoms with E-state index in [1.54, 1.807) is 19.2 Å². The molecule has 0 spiro atoms. The van der Waals surface area contributed by atoms with Crippen molar-refractivity contribution in [3.8, 4) is 0 Å². The van der Waals surface area contributed by atoms with Crippen LogP contribution >= 0.6 is 0 Å². The van der Waals surface area contributed by atoms with Crippen molar-refractivity contribution in [1.29, 1.82) is 0 Å². The molecule has 2 atom stereocenters. The summed E-state index contributed by atoms with van der Waals surface area (Å²) in [5.74, 6) is 0.805. The Kier molecular flexibility index (Phi) is 7.89. The summed E-state index contributed by atoms with van der Waals surface area (Å²) in [5.41, 5.74) is 1.25. The molecule has 28 heavy (non-hydrogen) atoms. The average molecular weight is 410 g/mol. The number of nitrogens with one attached hydrogen (secondary N) is 2. The minimum atomic E-state index is -3.15. The van der Waals surface area contributed by atoms with Gasteiger partial charge in [0, 0.05) is 37.9 Å². The van der Waals surface area contributed by atoms with Gasteiger partial charge in [-0.1, -0.05) is 26.0 Å². The van der Waals surface area contributed by atoms with Crippen LogP contribution in [0, 0.1) is 5.41 Å². The van der Waals surface area contributed by atoms with Crippen LogP contribution in [0.3, 0.4) is 0 Å². The van der Waals surface area contributed by atoms with Crippen LogP contribution in [0.2, 0.25) is 0 Å². The van der Waals surface area contributed by atoms with E-state index in [0.29, 0.717) is 17.0 Å². The number of hydrogen-bond donors (Lipinski definition) is 2. The molecule has 1 aromatic rings. The molecule has 1 aromatic carbocycles. The number of guanidine groups is 1. The van der Waals surface area contributed by atoms with E-state index in [4.69, 9.17) is 4.74 Å². The van der Waals surface area contributed by atoms with E-state index in [1.165, 1.54) is 6.26 Å². The van der Waals surface area contributed by atoms with Crippen LogP contribution in [0.1, 0.15) is 45.6 Å². The second kappa shape index (κ2) is 9.74. The monoisotopic (exact) mass is 409 g/mol. The molecule has 0 aromatic heterocycles. The maximum Gasteiger partial charge on any atom is 0.191 e. The highest BCUT2D eigenvalue weighted by molar-refractivity contribution is 7.90. The van der Waals surface area contributed by atoms with Gasteiger partial charge in [-0.2, -0.15) is 0 Å². The second-order valence-corrected chi connectivity index (χ2v) is 9.50. The van der Waals surface area contributed by atoms with Crippen LogP contribution in [0.25, 0.3) is 0 Å². The lowest BCUT2D eigenvalue weighted by atomic mass is 9.58. The fourth-order valence-electron chi connectivity index (χ4n) is 4.17. The molecule has 1 aliphatic carbocycles. The summed E-state index contributed by atoms with van der Waals surface area (Å²) in [6.07, 6.45) is 5.50. The van der Waals surface area contributed by atoms with E-state index in [9.17, 15) is 8.42 Å². The Balaban J connectivity index is 1.88. The summed E-state index contributed by atoms with van der Waals surface area (Å²) < 4.78 is 29.0. The first-order valence-electron chi connectivity index (χ1n) is 10.2. The molecule has 0 amide bonds. The summed E-state index contributed by atoms with van der Waals surface area (Å²) in [4.78, 5) is 4.72. The van der Waals surface area contributed by atoms with E-state index in [1.807, 2.05) is 12.1 Å². The molecule has 2 rings (SSSR count). The third kappa shape index (κ3) is 5.06. The molecule has 0 heterocycles. The van der Waals surface area contributed by atoms with Gasteiger partial charge in [0.1, 0.15) is 0 Å². The number of nitrogens with zero attached hydrogens (tertiary/aromatic N) is 1. The SMILES string of the molecule is CCOC1CC(NC(=NC)NCCc2ccc(S(C)(=O)=O)cc2)C1(CC)CC. The second-order valence-electron chi connectivity index (χ2n) is 7.48. The van der Waals surface area contributed by atoms with Gasteiger partial charge in [0.2, 0.25) is 0 Å². The van der Waals surface area contributed by atoms with Gasteiger partial charge < -0.3 is 15.4 Å². The topological polar surface area (TPSA) is 79.8 Å². The Bertz CT molecular complexity index is 756. The smallest absolute Gasteiger partial charge is 0.191 e. The number of aliphatic imine (C=N–C) groups is 1. The number of sulfone groups is 1. The Morgan fingerprint density at radius 1 is 1.21 bits per heavy atom. The minimum absolute atomic E-state index is 0.162. The maximum absolute atomic E-state index is 11.5. The predicted molar refractivity (Wildman–Crippen MR) is 115 cm³/mol. The summed E-state index contributed by atoms with van der Waals surface area (Å²) >= 11 is 0. The van der Waals surface area contributed by atoms with Crippen molar-refractivity contribution in [3.63, 3.8) is 0 Å². The molecule has 7 heteroatoms. The van der Waals surface area contributed by atoms with Crippen LogP contribution in [-0.2, 0) is 21.0 Å². The number of hydrogen-bond acceptors (Lipinski definition) is 4. The summed E-state index contributed by atoms with van der Waals surface area (Å²) in [7, 11) is -1.36. The lowest BCUT2D eigenvalue weighted by molar-refractivity contribution is -0.133. The summed E-state index contributed by atoms with van der Waals surface area (Å²) in [6, 6.07) is 7.42. The highest BCUT2D eigenvalue weighted by Gasteiger charge is 2.53. The van der Waals surface area contributed by atoms with Gasteiger partial charge >= 0.3 is 0 Å².